The molecular formula is C22H29F3O5S. The summed E-state index contributed by atoms with van der Waals surface area (Å²) in [4.78, 5) is 12.7. The van der Waals surface area contributed by atoms with Crippen LogP contribution < -0.4 is 0 Å². The number of esters is 1. The second kappa shape index (κ2) is 9.73. The van der Waals surface area contributed by atoms with Gasteiger partial charge < -0.3 is 4.74 Å². The van der Waals surface area contributed by atoms with Crippen molar-refractivity contribution < 1.29 is 35.3 Å². The monoisotopic (exact) mass is 462 g/mol. The third kappa shape index (κ3) is 6.10. The van der Waals surface area contributed by atoms with Gasteiger partial charge in [0.15, 0.2) is 6.10 Å². The predicted octanol–water partition coefficient (Wildman–Crippen LogP) is 5.12. The van der Waals surface area contributed by atoms with Crippen LogP contribution in [0.5, 0.6) is 0 Å². The Hall–Kier alpha value is -1.87. The van der Waals surface area contributed by atoms with Gasteiger partial charge in [0.05, 0.1) is 0 Å². The van der Waals surface area contributed by atoms with Gasteiger partial charge in [0, 0.05) is 12.3 Å². The molecule has 0 unspecified atom stereocenters. The zero-order chi connectivity index (χ0) is 23.4. The van der Waals surface area contributed by atoms with Crippen molar-refractivity contribution in [2.45, 2.75) is 69.6 Å². The molecule has 0 heterocycles. The molecule has 0 N–H and O–H groups in total. The van der Waals surface area contributed by atoms with E-state index in [1.807, 2.05) is 51.1 Å². The largest absolute Gasteiger partial charge is 0.523 e. The standard InChI is InChI=1S/C22H29F3O5S/c1-5-9-18(30-31(27,28)22(23,24)25)20(26)29-19-14-15(2)12-13-17(19)21(3,4)16-10-7-6-8-11-16/h5-8,10-11,15,17-19H,1,9,12-14H2,2-4H3/t15-,17-,18-,19-/m1/s1. The molecule has 1 aromatic carbocycles. The summed E-state index contributed by atoms with van der Waals surface area (Å²) in [6.07, 6.45) is 0.367. The van der Waals surface area contributed by atoms with Crippen LogP contribution in [0.4, 0.5) is 13.2 Å². The van der Waals surface area contributed by atoms with Gasteiger partial charge in [-0.25, -0.2) is 8.98 Å². The van der Waals surface area contributed by atoms with Crippen LogP contribution in [0.1, 0.15) is 52.0 Å². The minimum absolute atomic E-state index is 0.0985. The SMILES string of the molecule is C=CC[C@@H](OS(=O)(=O)C(F)(F)F)C(=O)O[C@@H]1C[C@H](C)CC[C@H]1C(C)(C)c1ccccc1. The lowest BCUT2D eigenvalue weighted by molar-refractivity contribution is -0.165. The molecule has 4 atom stereocenters. The molecular weight excluding hydrogens is 433 g/mol. The summed E-state index contributed by atoms with van der Waals surface area (Å²) in [6.45, 7) is 9.45. The highest BCUT2D eigenvalue weighted by Gasteiger charge is 2.50. The first-order valence-electron chi connectivity index (χ1n) is 10.2. The van der Waals surface area contributed by atoms with E-state index < -0.39 is 40.2 Å². The lowest BCUT2D eigenvalue weighted by Gasteiger charge is -2.44. The lowest BCUT2D eigenvalue weighted by Crippen LogP contribution is -2.45. The van der Waals surface area contributed by atoms with Gasteiger partial charge in [-0.15, -0.1) is 6.58 Å². The number of halogens is 3. The number of hydrogen-bond donors (Lipinski definition) is 0. The number of carbonyl (C=O) groups excluding carboxylic acids is 1. The number of carbonyl (C=O) groups is 1. The van der Waals surface area contributed by atoms with Crippen LogP contribution in [0.15, 0.2) is 43.0 Å². The predicted molar refractivity (Wildman–Crippen MR) is 111 cm³/mol. The Morgan fingerprint density at radius 3 is 2.39 bits per heavy atom. The van der Waals surface area contributed by atoms with Crippen molar-refractivity contribution in [1.29, 1.82) is 0 Å². The molecule has 0 aliphatic heterocycles. The van der Waals surface area contributed by atoms with Crippen molar-refractivity contribution in [3.63, 3.8) is 0 Å². The molecule has 1 aromatic rings. The van der Waals surface area contributed by atoms with Gasteiger partial charge in [-0.3, -0.25) is 0 Å². The summed E-state index contributed by atoms with van der Waals surface area (Å²) in [5.74, 6) is -0.988. The fourth-order valence-corrected chi connectivity index (χ4v) is 4.70. The summed E-state index contributed by atoms with van der Waals surface area (Å²) in [5.41, 5.74) is -4.96. The molecule has 0 saturated heterocycles. The molecule has 9 heteroatoms. The van der Waals surface area contributed by atoms with E-state index in [0.29, 0.717) is 6.42 Å². The third-order valence-electron chi connectivity index (χ3n) is 5.94. The van der Waals surface area contributed by atoms with E-state index in [1.54, 1.807) is 0 Å². The number of benzene rings is 1. The number of hydrogen-bond acceptors (Lipinski definition) is 5. The first kappa shape index (κ1) is 25.4. The molecule has 1 saturated carbocycles. The molecule has 0 amide bonds. The summed E-state index contributed by atoms with van der Waals surface area (Å²) < 4.78 is 70.8. The average molecular weight is 463 g/mol. The molecule has 1 fully saturated rings. The van der Waals surface area contributed by atoms with E-state index in [0.717, 1.165) is 24.5 Å². The normalized spacial score (nSPS) is 23.7. The Balaban J connectivity index is 2.26. The highest BCUT2D eigenvalue weighted by atomic mass is 32.2. The molecule has 0 aromatic heterocycles. The molecule has 0 radical (unpaired) electrons. The van der Waals surface area contributed by atoms with Gasteiger partial charge in [0.25, 0.3) is 0 Å². The molecule has 2 rings (SSSR count). The zero-order valence-corrected chi connectivity index (χ0v) is 18.7. The van der Waals surface area contributed by atoms with Crippen molar-refractivity contribution in [2.75, 3.05) is 0 Å². The molecule has 1 aliphatic carbocycles. The Labute approximate surface area is 181 Å². The van der Waals surface area contributed by atoms with Crippen molar-refractivity contribution in [3.05, 3.63) is 48.6 Å². The number of rotatable bonds is 8. The fourth-order valence-electron chi connectivity index (χ4n) is 4.12. The van der Waals surface area contributed by atoms with Crippen LogP contribution in [0.25, 0.3) is 0 Å². The summed E-state index contributed by atoms with van der Waals surface area (Å²) in [5, 5.41) is 0. The van der Waals surface area contributed by atoms with Gasteiger partial charge in [-0.1, -0.05) is 63.6 Å². The van der Waals surface area contributed by atoms with E-state index >= 15 is 0 Å². The van der Waals surface area contributed by atoms with Crippen molar-refractivity contribution in [2.24, 2.45) is 11.8 Å². The maximum absolute atomic E-state index is 12.7. The van der Waals surface area contributed by atoms with Crippen LogP contribution in [-0.2, 0) is 29.2 Å². The quantitative estimate of drug-likeness (QED) is 0.232. The number of ether oxygens (including phenoxy) is 1. The van der Waals surface area contributed by atoms with Crippen LogP contribution in [0.3, 0.4) is 0 Å². The smallest absolute Gasteiger partial charge is 0.460 e. The van der Waals surface area contributed by atoms with Crippen LogP contribution in [0, 0.1) is 11.8 Å². The highest BCUT2D eigenvalue weighted by Crippen LogP contribution is 2.43. The van der Waals surface area contributed by atoms with Crippen LogP contribution in [0.2, 0.25) is 0 Å². The van der Waals surface area contributed by atoms with E-state index in [2.05, 4.69) is 10.8 Å². The topological polar surface area (TPSA) is 69.7 Å². The van der Waals surface area contributed by atoms with Crippen molar-refractivity contribution in [1.82, 2.24) is 0 Å². The van der Waals surface area contributed by atoms with E-state index in [-0.39, 0.29) is 17.3 Å². The second-order valence-electron chi connectivity index (χ2n) is 8.60. The molecule has 31 heavy (non-hydrogen) atoms. The van der Waals surface area contributed by atoms with E-state index in [4.69, 9.17) is 4.74 Å². The highest BCUT2D eigenvalue weighted by molar-refractivity contribution is 7.87. The van der Waals surface area contributed by atoms with E-state index in [9.17, 15) is 26.4 Å². The van der Waals surface area contributed by atoms with Crippen molar-refractivity contribution in [3.8, 4) is 0 Å². The van der Waals surface area contributed by atoms with Gasteiger partial charge in [0.1, 0.15) is 6.10 Å². The fraction of sp³-hybridized carbons (Fsp3) is 0.591. The summed E-state index contributed by atoms with van der Waals surface area (Å²) >= 11 is 0. The maximum atomic E-state index is 12.7. The molecule has 0 spiro atoms. The maximum Gasteiger partial charge on any atom is 0.523 e. The van der Waals surface area contributed by atoms with Crippen LogP contribution >= 0.6 is 0 Å². The Kier molecular flexibility index (Phi) is 7.97. The Morgan fingerprint density at radius 1 is 1.23 bits per heavy atom. The van der Waals surface area contributed by atoms with Crippen LogP contribution in [-0.4, -0.2) is 32.1 Å². The van der Waals surface area contributed by atoms with Gasteiger partial charge in [-0.05, 0) is 29.7 Å². The van der Waals surface area contributed by atoms with E-state index in [1.165, 1.54) is 0 Å². The Bertz CT molecular complexity index is 865. The minimum Gasteiger partial charge on any atom is -0.460 e. The molecule has 5 nitrogen and oxygen atoms in total. The van der Waals surface area contributed by atoms with Gasteiger partial charge in [-0.2, -0.15) is 21.6 Å². The second-order valence-corrected chi connectivity index (χ2v) is 10.2. The average Bonchev–Trinajstić information content (AvgIpc) is 2.67. The third-order valence-corrected chi connectivity index (χ3v) is 6.99. The summed E-state index contributed by atoms with van der Waals surface area (Å²) in [6, 6.07) is 9.70. The van der Waals surface area contributed by atoms with Gasteiger partial charge in [0.2, 0.25) is 0 Å². The Morgan fingerprint density at radius 2 is 1.84 bits per heavy atom. The first-order chi connectivity index (χ1) is 14.3. The molecule has 1 aliphatic rings. The molecule has 0 bridgehead atoms. The van der Waals surface area contributed by atoms with Gasteiger partial charge >= 0.3 is 21.6 Å². The van der Waals surface area contributed by atoms with Crippen molar-refractivity contribution >= 4 is 16.1 Å². The summed E-state index contributed by atoms with van der Waals surface area (Å²) in [7, 11) is -5.95. The lowest BCUT2D eigenvalue weighted by atomic mass is 9.64. The first-order valence-corrected chi connectivity index (χ1v) is 11.6. The zero-order valence-electron chi connectivity index (χ0n) is 17.9. The molecule has 174 valence electrons. The minimum atomic E-state index is -5.95. The number of alkyl halides is 3.